The van der Waals surface area contributed by atoms with Gasteiger partial charge in [-0.15, -0.1) is 0 Å². The average molecular weight is 425 g/mol. The molecule has 0 amide bonds. The molecule has 1 heterocycles. The van der Waals surface area contributed by atoms with E-state index in [0.29, 0.717) is 17.0 Å². The van der Waals surface area contributed by atoms with E-state index in [1.807, 2.05) is 0 Å². The summed E-state index contributed by atoms with van der Waals surface area (Å²) in [4.78, 5) is 3.09. The number of nitrogens with zero attached hydrogens (tertiary/aromatic N) is 2. The molecular formula is C19H15Cl2FN2O2S. The maximum atomic E-state index is 13.8. The Hall–Kier alpha value is -1.91. The van der Waals surface area contributed by atoms with E-state index in [9.17, 15) is 12.8 Å². The van der Waals surface area contributed by atoms with Gasteiger partial charge in [0.1, 0.15) is 10.7 Å². The lowest BCUT2D eigenvalue weighted by molar-refractivity contribution is 0.456. The summed E-state index contributed by atoms with van der Waals surface area (Å²) < 4.78 is 41.0. The van der Waals surface area contributed by atoms with Gasteiger partial charge < -0.3 is 0 Å². The van der Waals surface area contributed by atoms with E-state index in [-0.39, 0.29) is 34.6 Å². The lowest BCUT2D eigenvalue weighted by Gasteiger charge is -2.17. The van der Waals surface area contributed by atoms with Crippen LogP contribution in [0.3, 0.4) is 0 Å². The largest absolute Gasteiger partial charge is 0.244 e. The summed E-state index contributed by atoms with van der Waals surface area (Å²) in [6.45, 7) is 11.3. The second kappa shape index (κ2) is 7.61. The summed E-state index contributed by atoms with van der Waals surface area (Å²) in [5.41, 5.74) is 1.40. The van der Waals surface area contributed by atoms with Gasteiger partial charge in [0.05, 0.1) is 11.6 Å². The molecular weight excluding hydrogens is 410 g/mol. The Balaban J connectivity index is 1.81. The Bertz CT molecular complexity index is 1060. The van der Waals surface area contributed by atoms with E-state index in [0.717, 1.165) is 5.57 Å². The van der Waals surface area contributed by atoms with Gasteiger partial charge in [0.15, 0.2) is 0 Å². The second-order valence-electron chi connectivity index (χ2n) is 6.33. The summed E-state index contributed by atoms with van der Waals surface area (Å²) in [5.74, 6) is -0.729. The molecule has 0 N–H and O–H groups in total. The SMILES string of the molecule is [C-]#[N+]c1ccc(CC2CN(S(=O)(=O)c3ccc(Cl)cc3Cl)CC2=C)cc1F. The molecule has 3 rings (SSSR count). The van der Waals surface area contributed by atoms with Crippen molar-refractivity contribution in [2.75, 3.05) is 13.1 Å². The van der Waals surface area contributed by atoms with Crippen LogP contribution in [0.2, 0.25) is 10.0 Å². The van der Waals surface area contributed by atoms with Gasteiger partial charge >= 0.3 is 0 Å². The molecule has 0 saturated carbocycles. The Morgan fingerprint density at radius 2 is 2.00 bits per heavy atom. The third-order valence-electron chi connectivity index (χ3n) is 4.51. The van der Waals surface area contributed by atoms with E-state index in [4.69, 9.17) is 29.8 Å². The molecule has 1 fully saturated rings. The molecule has 0 aliphatic carbocycles. The minimum Gasteiger partial charge on any atom is -0.235 e. The van der Waals surface area contributed by atoms with Crippen LogP contribution in [0.15, 0.2) is 53.4 Å². The Morgan fingerprint density at radius 1 is 1.26 bits per heavy atom. The molecule has 1 aliphatic rings. The Kier molecular flexibility index (Phi) is 5.59. The van der Waals surface area contributed by atoms with Crippen LogP contribution >= 0.6 is 23.2 Å². The zero-order chi connectivity index (χ0) is 19.8. The van der Waals surface area contributed by atoms with Gasteiger partial charge in [0.2, 0.25) is 15.7 Å². The number of hydrogen-bond acceptors (Lipinski definition) is 2. The van der Waals surface area contributed by atoms with E-state index >= 15 is 0 Å². The maximum Gasteiger partial charge on any atom is 0.244 e. The normalized spacial score (nSPS) is 17.9. The van der Waals surface area contributed by atoms with Crippen LogP contribution in [-0.4, -0.2) is 25.8 Å². The van der Waals surface area contributed by atoms with Crippen molar-refractivity contribution >= 4 is 38.9 Å². The fraction of sp³-hybridized carbons (Fsp3) is 0.211. The van der Waals surface area contributed by atoms with Gasteiger partial charge in [0.25, 0.3) is 0 Å². The second-order valence-corrected chi connectivity index (χ2v) is 9.08. The summed E-state index contributed by atoms with van der Waals surface area (Å²) in [5, 5.41) is 0.418. The molecule has 1 aliphatic heterocycles. The highest BCUT2D eigenvalue weighted by atomic mass is 35.5. The lowest BCUT2D eigenvalue weighted by atomic mass is 9.95. The third kappa shape index (κ3) is 4.02. The molecule has 0 bridgehead atoms. The zero-order valence-corrected chi connectivity index (χ0v) is 16.5. The molecule has 2 aromatic rings. The van der Waals surface area contributed by atoms with Crippen molar-refractivity contribution in [2.45, 2.75) is 11.3 Å². The fourth-order valence-electron chi connectivity index (χ4n) is 3.06. The van der Waals surface area contributed by atoms with E-state index in [2.05, 4.69) is 11.4 Å². The third-order valence-corrected chi connectivity index (χ3v) is 7.04. The number of sulfonamides is 1. The molecule has 1 atom stereocenters. The predicted molar refractivity (Wildman–Crippen MR) is 104 cm³/mol. The van der Waals surface area contributed by atoms with Crippen LogP contribution in [0.5, 0.6) is 0 Å². The van der Waals surface area contributed by atoms with Gasteiger partial charge in [-0.3, -0.25) is 0 Å². The van der Waals surface area contributed by atoms with Gasteiger partial charge in [-0.1, -0.05) is 47.5 Å². The summed E-state index contributed by atoms with van der Waals surface area (Å²) in [6.07, 6.45) is 0.439. The highest BCUT2D eigenvalue weighted by Gasteiger charge is 2.36. The number of hydrogen-bond donors (Lipinski definition) is 0. The fourth-order valence-corrected chi connectivity index (χ4v) is 5.30. The van der Waals surface area contributed by atoms with Gasteiger partial charge in [-0.05, 0) is 42.2 Å². The summed E-state index contributed by atoms with van der Waals surface area (Å²) in [6, 6.07) is 8.67. The molecule has 2 aromatic carbocycles. The molecule has 8 heteroatoms. The number of halogens is 3. The van der Waals surface area contributed by atoms with Crippen LogP contribution < -0.4 is 0 Å². The van der Waals surface area contributed by atoms with Crippen LogP contribution in [0, 0.1) is 18.3 Å². The van der Waals surface area contributed by atoms with Crippen molar-refractivity contribution in [3.05, 3.63) is 81.4 Å². The van der Waals surface area contributed by atoms with Crippen LogP contribution in [0.25, 0.3) is 4.85 Å². The van der Waals surface area contributed by atoms with Crippen LogP contribution in [0.4, 0.5) is 10.1 Å². The Labute approximate surface area is 167 Å². The summed E-state index contributed by atoms with van der Waals surface area (Å²) in [7, 11) is -3.80. The van der Waals surface area contributed by atoms with Gasteiger partial charge in [-0.25, -0.2) is 17.7 Å². The molecule has 4 nitrogen and oxygen atoms in total. The maximum absolute atomic E-state index is 13.8. The van der Waals surface area contributed by atoms with E-state index < -0.39 is 15.8 Å². The van der Waals surface area contributed by atoms with Gasteiger partial charge in [0, 0.05) is 18.1 Å². The average Bonchev–Trinajstić information content (AvgIpc) is 2.96. The molecule has 140 valence electrons. The topological polar surface area (TPSA) is 41.7 Å². The number of rotatable bonds is 4. The monoisotopic (exact) mass is 424 g/mol. The lowest BCUT2D eigenvalue weighted by Crippen LogP contribution is -2.29. The standard InChI is InChI=1S/C19H15Cl2FN2O2S/c1-12-10-24(27(25,26)19-6-4-15(20)9-16(19)21)11-14(12)7-13-3-5-18(23-2)17(22)8-13/h3-6,8-9,14H,1,7,10-11H2. The molecule has 0 spiro atoms. The summed E-state index contributed by atoms with van der Waals surface area (Å²) >= 11 is 11.9. The van der Waals surface area contributed by atoms with E-state index in [1.54, 1.807) is 6.07 Å². The number of benzene rings is 2. The van der Waals surface area contributed by atoms with Crippen LogP contribution in [-0.2, 0) is 16.4 Å². The first-order chi connectivity index (χ1) is 12.7. The zero-order valence-electron chi connectivity index (χ0n) is 14.1. The predicted octanol–water partition coefficient (Wildman–Crippen LogP) is 5.10. The molecule has 1 unspecified atom stereocenters. The first-order valence-electron chi connectivity index (χ1n) is 8.01. The van der Waals surface area contributed by atoms with Crippen molar-refractivity contribution in [3.63, 3.8) is 0 Å². The quantitative estimate of drug-likeness (QED) is 0.505. The molecule has 27 heavy (non-hydrogen) atoms. The van der Waals surface area contributed by atoms with Gasteiger partial charge in [-0.2, -0.15) is 4.31 Å². The Morgan fingerprint density at radius 3 is 2.63 bits per heavy atom. The van der Waals surface area contributed by atoms with Crippen molar-refractivity contribution in [1.29, 1.82) is 0 Å². The minimum absolute atomic E-state index is 0.00512. The molecule has 0 radical (unpaired) electrons. The van der Waals surface area contributed by atoms with Crippen molar-refractivity contribution in [3.8, 4) is 0 Å². The first kappa shape index (κ1) is 19.8. The molecule has 0 aromatic heterocycles. The van der Waals surface area contributed by atoms with Crippen molar-refractivity contribution < 1.29 is 12.8 Å². The van der Waals surface area contributed by atoms with Crippen LogP contribution in [0.1, 0.15) is 5.56 Å². The van der Waals surface area contributed by atoms with Crippen molar-refractivity contribution in [1.82, 2.24) is 4.31 Å². The highest BCUT2D eigenvalue weighted by Crippen LogP contribution is 2.33. The minimum atomic E-state index is -3.80. The molecule has 1 saturated heterocycles. The van der Waals surface area contributed by atoms with E-state index in [1.165, 1.54) is 34.6 Å². The first-order valence-corrected chi connectivity index (χ1v) is 10.2. The highest BCUT2D eigenvalue weighted by molar-refractivity contribution is 7.89. The smallest absolute Gasteiger partial charge is 0.235 e. The van der Waals surface area contributed by atoms with Crippen molar-refractivity contribution in [2.24, 2.45) is 5.92 Å².